The Hall–Kier alpha value is -1.81. The molecule has 17 heavy (non-hydrogen) atoms. The topological polar surface area (TPSA) is 51.4 Å². The van der Waals surface area contributed by atoms with Crippen LogP contribution in [-0.2, 0) is 4.84 Å². The molecule has 88 valence electrons. The fraction of sp³-hybridized carbons (Fsp3) is 0.308. The average molecular weight is 229 g/mol. The van der Waals surface area contributed by atoms with Crippen molar-refractivity contribution in [3.8, 4) is 0 Å². The van der Waals surface area contributed by atoms with Crippen LogP contribution in [0.2, 0.25) is 0 Å². The lowest BCUT2D eigenvalue weighted by molar-refractivity contribution is 0.0782. The maximum atomic E-state index is 6.20. The lowest BCUT2D eigenvalue weighted by Crippen LogP contribution is -2.30. The predicted molar refractivity (Wildman–Crippen MR) is 68.7 cm³/mol. The number of nitrogen functional groups attached to an aromatic ring is 1. The van der Waals surface area contributed by atoms with E-state index in [2.05, 4.69) is 4.98 Å². The number of hydroxylamine groups is 1. The highest BCUT2D eigenvalue weighted by molar-refractivity contribution is 5.98. The molecule has 3 rings (SSSR count). The fourth-order valence-corrected chi connectivity index (χ4v) is 2.19. The van der Waals surface area contributed by atoms with Crippen molar-refractivity contribution in [2.24, 2.45) is 0 Å². The number of fused-ring (bicyclic) bond motifs is 1. The number of hydrogen-bond donors (Lipinski definition) is 1. The molecule has 2 heterocycles. The molecular formula is C13H15N3O. The Bertz CT molecular complexity index is 535. The Balaban J connectivity index is 2.07. The lowest BCUT2D eigenvalue weighted by Gasteiger charge is -2.29. The van der Waals surface area contributed by atoms with E-state index in [1.54, 1.807) is 6.20 Å². The molecule has 0 bridgehead atoms. The second-order valence-corrected chi connectivity index (χ2v) is 4.24. The van der Waals surface area contributed by atoms with Gasteiger partial charge in [-0.1, -0.05) is 6.07 Å². The summed E-state index contributed by atoms with van der Waals surface area (Å²) in [6.45, 7) is 1.68. The first-order valence-corrected chi connectivity index (χ1v) is 5.89. The Morgan fingerprint density at radius 3 is 3.00 bits per heavy atom. The summed E-state index contributed by atoms with van der Waals surface area (Å²) in [7, 11) is 0. The Morgan fingerprint density at radius 1 is 1.24 bits per heavy atom. The van der Waals surface area contributed by atoms with Gasteiger partial charge in [-0.25, -0.2) is 0 Å². The van der Waals surface area contributed by atoms with E-state index >= 15 is 0 Å². The van der Waals surface area contributed by atoms with Crippen molar-refractivity contribution in [1.82, 2.24) is 4.98 Å². The van der Waals surface area contributed by atoms with Crippen molar-refractivity contribution in [3.63, 3.8) is 0 Å². The third-order valence-electron chi connectivity index (χ3n) is 3.11. The van der Waals surface area contributed by atoms with E-state index in [1.807, 2.05) is 29.5 Å². The lowest BCUT2D eigenvalue weighted by atomic mass is 10.1. The van der Waals surface area contributed by atoms with Crippen molar-refractivity contribution in [2.45, 2.75) is 12.8 Å². The van der Waals surface area contributed by atoms with Gasteiger partial charge in [0.25, 0.3) is 0 Å². The highest BCUT2D eigenvalue weighted by Crippen LogP contribution is 2.32. The highest BCUT2D eigenvalue weighted by atomic mass is 16.7. The SMILES string of the molecule is Nc1c(N2CCCCO2)ccc2cnccc12. The van der Waals surface area contributed by atoms with Crippen molar-refractivity contribution < 1.29 is 4.84 Å². The minimum Gasteiger partial charge on any atom is -0.396 e. The van der Waals surface area contributed by atoms with E-state index in [4.69, 9.17) is 10.6 Å². The van der Waals surface area contributed by atoms with Gasteiger partial charge in [0.2, 0.25) is 0 Å². The number of nitrogens with two attached hydrogens (primary N) is 1. The van der Waals surface area contributed by atoms with Gasteiger partial charge in [0.1, 0.15) is 0 Å². The fourth-order valence-electron chi connectivity index (χ4n) is 2.19. The van der Waals surface area contributed by atoms with Crippen LogP contribution in [0.15, 0.2) is 30.6 Å². The third-order valence-corrected chi connectivity index (χ3v) is 3.11. The van der Waals surface area contributed by atoms with Gasteiger partial charge in [-0.3, -0.25) is 14.9 Å². The molecule has 1 aromatic heterocycles. The number of nitrogens with zero attached hydrogens (tertiary/aromatic N) is 2. The first kappa shape index (κ1) is 10.4. The maximum absolute atomic E-state index is 6.20. The summed E-state index contributed by atoms with van der Waals surface area (Å²) in [6, 6.07) is 5.98. The normalized spacial score (nSPS) is 16.4. The van der Waals surface area contributed by atoms with Crippen LogP contribution in [0.4, 0.5) is 11.4 Å². The molecule has 2 aromatic rings. The Morgan fingerprint density at radius 2 is 2.18 bits per heavy atom. The molecule has 1 aliphatic heterocycles. The number of hydrogen-bond acceptors (Lipinski definition) is 4. The summed E-state index contributed by atoms with van der Waals surface area (Å²) in [4.78, 5) is 9.73. The zero-order chi connectivity index (χ0) is 11.7. The smallest absolute Gasteiger partial charge is 0.0872 e. The minimum absolute atomic E-state index is 0.770. The summed E-state index contributed by atoms with van der Waals surface area (Å²) < 4.78 is 0. The molecule has 0 radical (unpaired) electrons. The number of rotatable bonds is 1. The van der Waals surface area contributed by atoms with E-state index in [0.29, 0.717) is 0 Å². The van der Waals surface area contributed by atoms with Crippen LogP contribution in [-0.4, -0.2) is 18.1 Å². The monoisotopic (exact) mass is 229 g/mol. The van der Waals surface area contributed by atoms with Crippen molar-refractivity contribution in [2.75, 3.05) is 23.9 Å². The molecule has 1 aliphatic rings. The Kier molecular flexibility index (Phi) is 2.57. The van der Waals surface area contributed by atoms with Gasteiger partial charge in [0, 0.05) is 29.7 Å². The molecule has 1 aromatic carbocycles. The van der Waals surface area contributed by atoms with Crippen molar-refractivity contribution >= 4 is 22.1 Å². The molecule has 4 nitrogen and oxygen atoms in total. The molecule has 2 N–H and O–H groups in total. The van der Waals surface area contributed by atoms with Gasteiger partial charge in [-0.15, -0.1) is 0 Å². The van der Waals surface area contributed by atoms with E-state index < -0.39 is 0 Å². The zero-order valence-electron chi connectivity index (χ0n) is 9.60. The second-order valence-electron chi connectivity index (χ2n) is 4.24. The summed E-state index contributed by atoms with van der Waals surface area (Å²) >= 11 is 0. The van der Waals surface area contributed by atoms with Crippen LogP contribution in [0.1, 0.15) is 12.8 Å². The molecule has 0 saturated carbocycles. The molecule has 4 heteroatoms. The quantitative estimate of drug-likeness (QED) is 0.763. The van der Waals surface area contributed by atoms with E-state index in [9.17, 15) is 0 Å². The van der Waals surface area contributed by atoms with Crippen molar-refractivity contribution in [1.29, 1.82) is 0 Å². The van der Waals surface area contributed by atoms with Gasteiger partial charge in [-0.05, 0) is 25.0 Å². The zero-order valence-corrected chi connectivity index (χ0v) is 9.60. The average Bonchev–Trinajstić information content (AvgIpc) is 2.40. The maximum Gasteiger partial charge on any atom is 0.0872 e. The minimum atomic E-state index is 0.770. The van der Waals surface area contributed by atoms with Gasteiger partial charge < -0.3 is 5.73 Å². The molecule has 0 amide bonds. The van der Waals surface area contributed by atoms with Crippen LogP contribution in [0, 0.1) is 0 Å². The number of anilines is 2. The van der Waals surface area contributed by atoms with E-state index in [-0.39, 0.29) is 0 Å². The molecule has 1 saturated heterocycles. The van der Waals surface area contributed by atoms with Crippen LogP contribution >= 0.6 is 0 Å². The third kappa shape index (κ3) is 1.80. The van der Waals surface area contributed by atoms with Gasteiger partial charge in [0.05, 0.1) is 18.0 Å². The number of pyridine rings is 1. The van der Waals surface area contributed by atoms with Gasteiger partial charge in [-0.2, -0.15) is 0 Å². The highest BCUT2D eigenvalue weighted by Gasteiger charge is 2.15. The number of aromatic nitrogens is 1. The molecule has 1 fully saturated rings. The Labute approximate surface area is 100.0 Å². The number of benzene rings is 1. The summed E-state index contributed by atoms with van der Waals surface area (Å²) in [5.74, 6) is 0. The summed E-state index contributed by atoms with van der Waals surface area (Å²) in [6.07, 6.45) is 5.85. The van der Waals surface area contributed by atoms with Crippen LogP contribution in [0.5, 0.6) is 0 Å². The van der Waals surface area contributed by atoms with Crippen LogP contribution in [0.3, 0.4) is 0 Å². The van der Waals surface area contributed by atoms with Gasteiger partial charge in [0.15, 0.2) is 0 Å². The first-order chi connectivity index (χ1) is 8.36. The molecule has 0 spiro atoms. The van der Waals surface area contributed by atoms with E-state index in [1.165, 1.54) is 0 Å². The standard InChI is InChI=1S/C13H15N3O/c14-13-11-5-6-15-9-10(11)3-4-12(13)16-7-1-2-8-17-16/h3-6,9H,1-2,7-8,14H2. The summed E-state index contributed by atoms with van der Waals surface area (Å²) in [5, 5.41) is 4.00. The van der Waals surface area contributed by atoms with E-state index in [0.717, 1.165) is 48.1 Å². The largest absolute Gasteiger partial charge is 0.396 e. The van der Waals surface area contributed by atoms with Crippen LogP contribution < -0.4 is 10.8 Å². The summed E-state index contributed by atoms with van der Waals surface area (Å²) in [5.41, 5.74) is 7.93. The molecule has 0 unspecified atom stereocenters. The second kappa shape index (κ2) is 4.22. The molecule has 0 atom stereocenters. The van der Waals surface area contributed by atoms with Gasteiger partial charge >= 0.3 is 0 Å². The van der Waals surface area contributed by atoms with Crippen molar-refractivity contribution in [3.05, 3.63) is 30.6 Å². The molecular weight excluding hydrogens is 214 g/mol. The van der Waals surface area contributed by atoms with Crippen LogP contribution in [0.25, 0.3) is 10.8 Å². The molecule has 0 aliphatic carbocycles. The predicted octanol–water partition coefficient (Wildman–Crippen LogP) is 2.35. The first-order valence-electron chi connectivity index (χ1n) is 5.89.